The van der Waals surface area contributed by atoms with Gasteiger partial charge in [-0.25, -0.2) is 4.39 Å². The smallest absolute Gasteiger partial charge is 0.230 e. The number of anilines is 1. The first-order valence-electron chi connectivity index (χ1n) is 7.29. The van der Waals surface area contributed by atoms with E-state index in [0.29, 0.717) is 16.3 Å². The highest BCUT2D eigenvalue weighted by Crippen LogP contribution is 2.41. The van der Waals surface area contributed by atoms with Gasteiger partial charge in [0, 0.05) is 11.5 Å². The summed E-state index contributed by atoms with van der Waals surface area (Å²) in [5.41, 5.74) is 7.39. The van der Waals surface area contributed by atoms with Gasteiger partial charge < -0.3 is 10.3 Å². The van der Waals surface area contributed by atoms with Crippen LogP contribution in [-0.4, -0.2) is 5.16 Å². The first-order valence-corrected chi connectivity index (χ1v) is 7.67. The van der Waals surface area contributed by atoms with Crippen molar-refractivity contribution >= 4 is 17.5 Å². The molecule has 0 aliphatic carbocycles. The minimum atomic E-state index is -0.412. The van der Waals surface area contributed by atoms with Gasteiger partial charge in [-0.2, -0.15) is 0 Å². The Morgan fingerprint density at radius 1 is 1.24 bits per heavy atom. The average Bonchev–Trinajstić information content (AvgIpc) is 2.81. The average molecular weight is 311 g/mol. The summed E-state index contributed by atoms with van der Waals surface area (Å²) < 4.78 is 19.3. The van der Waals surface area contributed by atoms with Gasteiger partial charge in [0.05, 0.1) is 16.3 Å². The molecule has 0 atom stereocenters. The maximum Gasteiger partial charge on any atom is 0.230 e. The van der Waals surface area contributed by atoms with Gasteiger partial charge in [0.15, 0.2) is 0 Å². The minimum absolute atomic E-state index is 0.120. The van der Waals surface area contributed by atoms with Gasteiger partial charge in [0.2, 0.25) is 5.88 Å². The summed E-state index contributed by atoms with van der Waals surface area (Å²) in [7, 11) is 0. The van der Waals surface area contributed by atoms with Gasteiger partial charge in [0.1, 0.15) is 5.82 Å². The van der Waals surface area contributed by atoms with Crippen LogP contribution in [0, 0.1) is 5.82 Å². The van der Waals surface area contributed by atoms with Crippen molar-refractivity contribution in [2.75, 3.05) is 5.73 Å². The number of hydrogen-bond acceptors (Lipinski definition) is 3. The van der Waals surface area contributed by atoms with Crippen LogP contribution in [-0.2, 0) is 0 Å². The SMILES string of the molecule is CCCC(CCC)c1noc(N)c1-c1c(F)cccc1Cl. The Morgan fingerprint density at radius 3 is 2.48 bits per heavy atom. The van der Waals surface area contributed by atoms with Crippen molar-refractivity contribution < 1.29 is 8.91 Å². The van der Waals surface area contributed by atoms with Crippen molar-refractivity contribution in [3.63, 3.8) is 0 Å². The molecule has 0 radical (unpaired) electrons. The van der Waals surface area contributed by atoms with Crippen LogP contribution in [0.2, 0.25) is 5.02 Å². The van der Waals surface area contributed by atoms with Gasteiger partial charge in [-0.15, -0.1) is 0 Å². The van der Waals surface area contributed by atoms with E-state index in [9.17, 15) is 4.39 Å². The number of hydrogen-bond donors (Lipinski definition) is 1. The summed E-state index contributed by atoms with van der Waals surface area (Å²) >= 11 is 6.16. The zero-order valence-corrected chi connectivity index (χ0v) is 13.1. The molecule has 2 aromatic rings. The van der Waals surface area contributed by atoms with E-state index in [1.54, 1.807) is 12.1 Å². The summed E-state index contributed by atoms with van der Waals surface area (Å²) in [5.74, 6) is -0.0914. The Balaban J connectivity index is 2.56. The molecular weight excluding hydrogens is 291 g/mol. The maximum absolute atomic E-state index is 14.2. The summed E-state index contributed by atoms with van der Waals surface area (Å²) in [4.78, 5) is 0. The summed E-state index contributed by atoms with van der Waals surface area (Å²) in [6.45, 7) is 4.23. The number of benzene rings is 1. The van der Waals surface area contributed by atoms with Gasteiger partial charge in [0.25, 0.3) is 0 Å². The first kappa shape index (κ1) is 15.8. The maximum atomic E-state index is 14.2. The Labute approximate surface area is 129 Å². The standard InChI is InChI=1S/C16H20ClFN2O/c1-3-6-10(7-4-2)15-14(16(19)21-20-15)13-11(17)8-5-9-12(13)18/h5,8-10H,3-4,6-7,19H2,1-2H3. The van der Waals surface area contributed by atoms with Gasteiger partial charge in [-0.3, -0.25) is 0 Å². The number of nitrogens with zero attached hydrogens (tertiary/aromatic N) is 1. The fourth-order valence-electron chi connectivity index (χ4n) is 2.70. The Bertz CT molecular complexity index is 586. The molecule has 5 heteroatoms. The summed E-state index contributed by atoms with van der Waals surface area (Å²) in [6.07, 6.45) is 3.95. The number of aromatic nitrogens is 1. The Kier molecular flexibility index (Phi) is 5.23. The van der Waals surface area contributed by atoms with Crippen LogP contribution in [0.25, 0.3) is 11.1 Å². The Hall–Kier alpha value is -1.55. The summed E-state index contributed by atoms with van der Waals surface area (Å²) in [5, 5.41) is 4.40. The molecule has 0 unspecified atom stereocenters. The molecule has 0 bridgehead atoms. The molecule has 3 nitrogen and oxygen atoms in total. The topological polar surface area (TPSA) is 52.0 Å². The molecule has 0 aliphatic rings. The van der Waals surface area contributed by atoms with Crippen LogP contribution in [0.1, 0.15) is 51.1 Å². The number of halogens is 2. The fourth-order valence-corrected chi connectivity index (χ4v) is 2.95. The number of rotatable bonds is 6. The van der Waals surface area contributed by atoms with E-state index in [1.165, 1.54) is 6.07 Å². The quantitative estimate of drug-likeness (QED) is 0.777. The van der Waals surface area contributed by atoms with Crippen LogP contribution in [0.15, 0.2) is 22.7 Å². The molecule has 114 valence electrons. The number of nitrogen functional groups attached to an aromatic ring is 1. The lowest BCUT2D eigenvalue weighted by atomic mass is 9.90. The molecule has 0 amide bonds. The lowest BCUT2D eigenvalue weighted by Gasteiger charge is -2.15. The van der Waals surface area contributed by atoms with E-state index in [2.05, 4.69) is 19.0 Å². The van der Waals surface area contributed by atoms with Crippen molar-refractivity contribution in [2.24, 2.45) is 0 Å². The zero-order chi connectivity index (χ0) is 15.4. The highest BCUT2D eigenvalue weighted by molar-refractivity contribution is 6.33. The van der Waals surface area contributed by atoms with E-state index >= 15 is 0 Å². The van der Waals surface area contributed by atoms with Crippen molar-refractivity contribution in [3.05, 3.63) is 34.7 Å². The van der Waals surface area contributed by atoms with Crippen LogP contribution in [0.3, 0.4) is 0 Å². The second kappa shape index (κ2) is 6.94. The van der Waals surface area contributed by atoms with E-state index in [4.69, 9.17) is 21.9 Å². The highest BCUT2D eigenvalue weighted by atomic mass is 35.5. The van der Waals surface area contributed by atoms with Crippen molar-refractivity contribution in [1.82, 2.24) is 5.16 Å². The van der Waals surface area contributed by atoms with Crippen molar-refractivity contribution in [3.8, 4) is 11.1 Å². The van der Waals surface area contributed by atoms with Crippen molar-refractivity contribution in [1.29, 1.82) is 0 Å². The van der Waals surface area contributed by atoms with E-state index in [-0.39, 0.29) is 17.4 Å². The second-order valence-corrected chi connectivity index (χ2v) is 5.59. The first-order chi connectivity index (χ1) is 10.1. The van der Waals surface area contributed by atoms with Gasteiger partial charge in [-0.05, 0) is 25.0 Å². The highest BCUT2D eigenvalue weighted by Gasteiger charge is 2.26. The van der Waals surface area contributed by atoms with E-state index in [1.807, 2.05) is 0 Å². The molecule has 2 N–H and O–H groups in total. The van der Waals surface area contributed by atoms with E-state index in [0.717, 1.165) is 25.7 Å². The van der Waals surface area contributed by atoms with E-state index < -0.39 is 5.82 Å². The fraction of sp³-hybridized carbons (Fsp3) is 0.438. The monoisotopic (exact) mass is 310 g/mol. The van der Waals surface area contributed by atoms with Crippen LogP contribution in [0.4, 0.5) is 10.3 Å². The zero-order valence-electron chi connectivity index (χ0n) is 12.3. The summed E-state index contributed by atoms with van der Waals surface area (Å²) in [6, 6.07) is 4.58. The van der Waals surface area contributed by atoms with Crippen molar-refractivity contribution in [2.45, 2.75) is 45.4 Å². The molecule has 0 aliphatic heterocycles. The lowest BCUT2D eigenvalue weighted by molar-refractivity contribution is 0.411. The Morgan fingerprint density at radius 2 is 1.90 bits per heavy atom. The molecule has 0 fully saturated rings. The van der Waals surface area contributed by atoms with Gasteiger partial charge >= 0.3 is 0 Å². The lowest BCUT2D eigenvalue weighted by Crippen LogP contribution is -2.02. The minimum Gasteiger partial charge on any atom is -0.367 e. The van der Waals surface area contributed by atoms with Crippen LogP contribution < -0.4 is 5.73 Å². The third-order valence-electron chi connectivity index (χ3n) is 3.62. The third kappa shape index (κ3) is 3.21. The molecule has 1 aromatic carbocycles. The van der Waals surface area contributed by atoms with Crippen LogP contribution in [0.5, 0.6) is 0 Å². The van der Waals surface area contributed by atoms with Gasteiger partial charge in [-0.1, -0.05) is 49.5 Å². The molecule has 0 saturated carbocycles. The predicted octanol–water partition coefficient (Wildman–Crippen LogP) is 5.40. The molecule has 1 aromatic heterocycles. The molecule has 1 heterocycles. The third-order valence-corrected chi connectivity index (χ3v) is 3.93. The number of nitrogens with two attached hydrogens (primary N) is 1. The largest absolute Gasteiger partial charge is 0.367 e. The molecule has 0 saturated heterocycles. The molecule has 0 spiro atoms. The molecule has 2 rings (SSSR count). The second-order valence-electron chi connectivity index (χ2n) is 5.18. The predicted molar refractivity (Wildman–Crippen MR) is 83.9 cm³/mol. The van der Waals surface area contributed by atoms with Crippen LogP contribution >= 0.6 is 11.6 Å². The molecular formula is C16H20ClFN2O. The normalized spacial score (nSPS) is 11.3. The molecule has 21 heavy (non-hydrogen) atoms.